The van der Waals surface area contributed by atoms with E-state index in [1.807, 2.05) is 49.4 Å². The van der Waals surface area contributed by atoms with E-state index >= 15 is 0 Å². The fourth-order valence-electron chi connectivity index (χ4n) is 6.98. The third-order valence-corrected chi connectivity index (χ3v) is 10.7. The number of fused-ring (bicyclic) bond motifs is 2. The van der Waals surface area contributed by atoms with Crippen LogP contribution < -0.4 is 16.0 Å². The maximum Gasteiger partial charge on any atom is 0.165 e. The minimum atomic E-state index is 0.112. The number of thiol groups is 1. The Labute approximate surface area is 318 Å². The second-order valence-electron chi connectivity index (χ2n) is 17.0. The normalized spacial score (nSPS) is 19.7. The number of benzene rings is 2. The number of hydrogen-bond acceptors (Lipinski definition) is 7. The molecule has 4 aliphatic heterocycles. The molecule has 50 heavy (non-hydrogen) atoms. The lowest BCUT2D eigenvalue weighted by atomic mass is 9.83. The van der Waals surface area contributed by atoms with Gasteiger partial charge in [0.25, 0.3) is 0 Å². The number of nitrogens with zero attached hydrogens (tertiary/aromatic N) is 1. The van der Waals surface area contributed by atoms with Crippen molar-refractivity contribution in [3.8, 4) is 0 Å². The molecule has 0 aliphatic carbocycles. The van der Waals surface area contributed by atoms with Crippen LogP contribution in [-0.4, -0.2) is 71.4 Å². The summed E-state index contributed by atoms with van der Waals surface area (Å²) in [5, 5.41) is 11.9. The molecule has 6 nitrogen and oxygen atoms in total. The van der Waals surface area contributed by atoms with Crippen molar-refractivity contribution < 1.29 is 9.59 Å². The summed E-state index contributed by atoms with van der Waals surface area (Å²) >= 11 is 7.17. The number of piperidine rings is 2. The summed E-state index contributed by atoms with van der Waals surface area (Å²) in [7, 11) is 0. The standard InChI is InChI=1S/C20H30N2O.C14H18N2O.C6H13Br.C2H6S/c1-19(2,3)10-13-22-14-11-20(12-15-22)9-8-18(23)16-6-4-5-7-17(16)21-20;17-13-5-6-14(7-9-15-10-8-14)16-12-4-2-1-3-11(12)13;1-6(2,3)4-5-7;1-2-3/h4-7,21H,8-15H2,1-3H3;1-4,15-16H,5-10H2;4-5H2,1-3H3;3H,2H2,1H3. The van der Waals surface area contributed by atoms with Crippen molar-refractivity contribution >= 4 is 51.5 Å². The molecule has 0 amide bonds. The highest BCUT2D eigenvalue weighted by atomic mass is 79.9. The zero-order valence-electron chi connectivity index (χ0n) is 32.2. The van der Waals surface area contributed by atoms with E-state index in [9.17, 15) is 9.59 Å². The monoisotopic (exact) mass is 770 g/mol. The van der Waals surface area contributed by atoms with Crippen molar-refractivity contribution in [2.75, 3.05) is 54.4 Å². The van der Waals surface area contributed by atoms with Crippen molar-refractivity contribution in [1.29, 1.82) is 0 Å². The summed E-state index contributed by atoms with van der Waals surface area (Å²) in [6.07, 6.45) is 10.3. The molecule has 8 heteroatoms. The third kappa shape index (κ3) is 13.9. The van der Waals surface area contributed by atoms with Gasteiger partial charge in [-0.25, -0.2) is 0 Å². The first-order chi connectivity index (χ1) is 23.6. The van der Waals surface area contributed by atoms with Gasteiger partial charge in [-0.1, -0.05) is 88.7 Å². The smallest absolute Gasteiger partial charge is 0.165 e. The molecule has 2 aromatic carbocycles. The molecular weight excluding hydrogens is 704 g/mol. The highest BCUT2D eigenvalue weighted by Crippen LogP contribution is 2.37. The predicted octanol–water partition coefficient (Wildman–Crippen LogP) is 10.3. The van der Waals surface area contributed by atoms with E-state index in [4.69, 9.17) is 0 Å². The summed E-state index contributed by atoms with van der Waals surface area (Å²) in [5.74, 6) is 1.52. The molecule has 6 rings (SSSR count). The number of halogens is 1. The number of nitrogens with one attached hydrogen (secondary N) is 3. The summed E-state index contributed by atoms with van der Waals surface area (Å²) in [4.78, 5) is 27.0. The van der Waals surface area contributed by atoms with E-state index in [0.717, 1.165) is 98.3 Å². The molecule has 280 valence electrons. The fraction of sp³-hybridized carbons (Fsp3) is 0.667. The van der Waals surface area contributed by atoms with Crippen LogP contribution >= 0.6 is 28.6 Å². The van der Waals surface area contributed by atoms with Crippen molar-refractivity contribution in [2.24, 2.45) is 10.8 Å². The Hall–Kier alpha value is -1.87. The Balaban J connectivity index is 0.000000219. The zero-order chi connectivity index (χ0) is 36.8. The molecule has 2 aromatic rings. The Morgan fingerprint density at radius 2 is 1.12 bits per heavy atom. The van der Waals surface area contributed by atoms with E-state index in [2.05, 4.69) is 97.0 Å². The Kier molecular flexibility index (Phi) is 16.9. The number of alkyl halides is 1. The molecule has 4 aliphatic rings. The van der Waals surface area contributed by atoms with Gasteiger partial charge in [-0.05, 0) is 112 Å². The van der Waals surface area contributed by atoms with Crippen LogP contribution in [-0.2, 0) is 0 Å². The van der Waals surface area contributed by atoms with E-state index < -0.39 is 0 Å². The van der Waals surface area contributed by atoms with Gasteiger partial charge in [0.15, 0.2) is 11.6 Å². The number of rotatable bonds is 3. The number of carbonyl (C=O) groups excluding carboxylic acids is 2. The van der Waals surface area contributed by atoms with Crippen molar-refractivity contribution in [1.82, 2.24) is 10.2 Å². The summed E-state index contributed by atoms with van der Waals surface area (Å²) in [6.45, 7) is 21.2. The molecule has 0 saturated carbocycles. The van der Waals surface area contributed by atoms with Gasteiger partial charge in [-0.15, -0.1) is 0 Å². The maximum absolute atomic E-state index is 12.4. The minimum Gasteiger partial charge on any atom is -0.379 e. The lowest BCUT2D eigenvalue weighted by molar-refractivity contribution is 0.0959. The van der Waals surface area contributed by atoms with E-state index in [1.165, 1.54) is 19.4 Å². The molecule has 3 N–H and O–H groups in total. The van der Waals surface area contributed by atoms with Crippen LogP contribution in [0.25, 0.3) is 0 Å². The highest BCUT2D eigenvalue weighted by Gasteiger charge is 2.38. The third-order valence-electron chi connectivity index (χ3n) is 10.3. The van der Waals surface area contributed by atoms with Crippen LogP contribution in [0.3, 0.4) is 0 Å². The molecule has 2 fully saturated rings. The molecule has 0 atom stereocenters. The molecule has 0 bridgehead atoms. The van der Waals surface area contributed by atoms with E-state index in [1.54, 1.807) is 0 Å². The summed E-state index contributed by atoms with van der Waals surface area (Å²) < 4.78 is 0. The van der Waals surface area contributed by atoms with Gasteiger partial charge in [0.05, 0.1) is 0 Å². The van der Waals surface area contributed by atoms with Gasteiger partial charge in [-0.3, -0.25) is 9.59 Å². The minimum absolute atomic E-state index is 0.112. The molecule has 0 unspecified atom stereocenters. The Morgan fingerprint density at radius 3 is 1.52 bits per heavy atom. The number of anilines is 2. The second-order valence-corrected chi connectivity index (χ2v) is 18.4. The number of hydrogen-bond donors (Lipinski definition) is 4. The van der Waals surface area contributed by atoms with Crippen LogP contribution in [0.5, 0.6) is 0 Å². The maximum atomic E-state index is 12.4. The van der Waals surface area contributed by atoms with Gasteiger partial charge in [0, 0.05) is 64.8 Å². The topological polar surface area (TPSA) is 73.5 Å². The lowest BCUT2D eigenvalue weighted by Gasteiger charge is -2.43. The lowest BCUT2D eigenvalue weighted by Crippen LogP contribution is -2.49. The van der Waals surface area contributed by atoms with Crippen molar-refractivity contribution in [3.05, 3.63) is 59.7 Å². The Bertz CT molecular complexity index is 1340. The number of likely N-dealkylation sites (tertiary alicyclic amines) is 1. The number of carbonyl (C=O) groups is 2. The van der Waals surface area contributed by atoms with Gasteiger partial charge in [-0.2, -0.15) is 12.6 Å². The van der Waals surface area contributed by atoms with Gasteiger partial charge >= 0.3 is 0 Å². The molecule has 2 saturated heterocycles. The Morgan fingerprint density at radius 1 is 0.700 bits per heavy atom. The van der Waals surface area contributed by atoms with Gasteiger partial charge in [0.1, 0.15) is 0 Å². The van der Waals surface area contributed by atoms with Crippen LogP contribution in [0, 0.1) is 10.8 Å². The van der Waals surface area contributed by atoms with Gasteiger partial charge < -0.3 is 20.9 Å². The first kappa shape index (κ1) is 42.5. The van der Waals surface area contributed by atoms with Crippen LogP contribution in [0.2, 0.25) is 0 Å². The average molecular weight is 772 g/mol. The van der Waals surface area contributed by atoms with Gasteiger partial charge in [0.2, 0.25) is 0 Å². The van der Waals surface area contributed by atoms with E-state index in [-0.39, 0.29) is 16.9 Å². The van der Waals surface area contributed by atoms with Crippen LogP contribution in [0.4, 0.5) is 11.4 Å². The van der Waals surface area contributed by atoms with Crippen LogP contribution in [0.1, 0.15) is 133 Å². The second kappa shape index (κ2) is 19.8. The molecular formula is C42H67BrN4O2S. The average Bonchev–Trinajstić information content (AvgIpc) is 3.29. The quantitative estimate of drug-likeness (QED) is 0.184. The zero-order valence-corrected chi connectivity index (χ0v) is 34.7. The molecule has 2 spiro atoms. The highest BCUT2D eigenvalue weighted by molar-refractivity contribution is 9.09. The largest absolute Gasteiger partial charge is 0.379 e. The predicted molar refractivity (Wildman–Crippen MR) is 222 cm³/mol. The molecule has 0 aromatic heterocycles. The van der Waals surface area contributed by atoms with Crippen molar-refractivity contribution in [3.63, 3.8) is 0 Å². The van der Waals surface area contributed by atoms with Crippen LogP contribution in [0.15, 0.2) is 48.5 Å². The van der Waals surface area contributed by atoms with Crippen molar-refractivity contribution in [2.45, 2.75) is 124 Å². The summed E-state index contributed by atoms with van der Waals surface area (Å²) in [5.41, 5.74) is 4.95. The number of para-hydroxylation sites is 2. The summed E-state index contributed by atoms with van der Waals surface area (Å²) in [6, 6.07) is 15.9. The van der Waals surface area contributed by atoms with E-state index in [0.29, 0.717) is 29.5 Å². The number of Topliss-reactive ketones (excluding diaryl/α,β-unsaturated/α-hetero) is 2. The molecule has 4 heterocycles. The molecule has 0 radical (unpaired) electrons. The fourth-order valence-corrected chi connectivity index (χ4v) is 8.17. The first-order valence-corrected chi connectivity index (χ1v) is 20.8. The number of ketones is 2. The SMILES string of the molecule is CC(C)(C)CCBr.CC(C)(C)CCN1CCC2(CCC(=O)c3ccccc3N2)CC1.CCS.O=C1CCC2(CCNCC2)Nc2ccccc21. The first-order valence-electron chi connectivity index (χ1n) is 19.0.